The predicted molar refractivity (Wildman–Crippen MR) is 83.5 cm³/mol. The van der Waals surface area contributed by atoms with Crippen LogP contribution in [0.2, 0.25) is 0 Å². The van der Waals surface area contributed by atoms with Gasteiger partial charge >= 0.3 is 14.0 Å². The van der Waals surface area contributed by atoms with Crippen LogP contribution in [0.25, 0.3) is 0 Å². The molecule has 1 unspecified atom stereocenters. The van der Waals surface area contributed by atoms with Gasteiger partial charge in [0, 0.05) is 7.11 Å². The largest absolute Gasteiger partial charge is 0.488 e. The van der Waals surface area contributed by atoms with Crippen molar-refractivity contribution in [3.05, 3.63) is 0 Å². The van der Waals surface area contributed by atoms with Gasteiger partial charge in [0.05, 0.1) is 16.8 Å². The van der Waals surface area contributed by atoms with Gasteiger partial charge in [0.25, 0.3) is 0 Å². The topological polar surface area (TPSA) is 36.9 Å². The van der Waals surface area contributed by atoms with Gasteiger partial charge in [-0.25, -0.2) is 0 Å². The van der Waals surface area contributed by atoms with E-state index in [-0.39, 0.29) is 16.8 Å². The van der Waals surface area contributed by atoms with E-state index in [0.717, 1.165) is 6.42 Å². The van der Waals surface area contributed by atoms with Crippen molar-refractivity contribution in [1.29, 1.82) is 0 Å². The van der Waals surface area contributed by atoms with Crippen molar-refractivity contribution < 1.29 is 18.6 Å². The highest BCUT2D eigenvalue weighted by atomic mass is 16.7. The van der Waals surface area contributed by atoms with E-state index in [1.807, 2.05) is 0 Å². The van der Waals surface area contributed by atoms with Crippen LogP contribution in [0.15, 0.2) is 0 Å². The lowest BCUT2D eigenvalue weighted by Gasteiger charge is -2.35. The van der Waals surface area contributed by atoms with Crippen LogP contribution in [0, 0.1) is 5.92 Å². The van der Waals surface area contributed by atoms with Gasteiger partial charge in [-0.2, -0.15) is 0 Å². The Morgan fingerprint density at radius 3 is 2.10 bits per heavy atom. The Balaban J connectivity index is 2.84. The molecule has 20 heavy (non-hydrogen) atoms. The number of hydrogen-bond acceptors (Lipinski definition) is 4. The maximum absolute atomic E-state index is 6.12. The van der Waals surface area contributed by atoms with Crippen molar-refractivity contribution in [2.24, 2.45) is 5.92 Å². The average Bonchev–Trinajstić information content (AvgIpc) is 2.57. The van der Waals surface area contributed by atoms with E-state index >= 15 is 0 Å². The molecule has 1 atom stereocenters. The van der Waals surface area contributed by atoms with Gasteiger partial charge in [0.2, 0.25) is 0 Å². The first-order chi connectivity index (χ1) is 8.99. The van der Waals surface area contributed by atoms with Gasteiger partial charge in [-0.3, -0.25) is 0 Å². The Labute approximate surface area is 125 Å². The van der Waals surface area contributed by atoms with Crippen LogP contribution in [0.3, 0.4) is 0 Å². The quantitative estimate of drug-likeness (QED) is 0.702. The molecule has 0 aromatic heterocycles. The Kier molecular flexibility index (Phi) is 5.40. The molecule has 0 spiro atoms. The number of hydrogen-bond donors (Lipinski definition) is 0. The van der Waals surface area contributed by atoms with E-state index in [9.17, 15) is 0 Å². The molecule has 0 bridgehead atoms. The van der Waals surface area contributed by atoms with E-state index in [4.69, 9.17) is 18.6 Å². The van der Waals surface area contributed by atoms with E-state index in [1.165, 1.54) is 0 Å². The molecular weight excluding hydrogens is 254 g/mol. The third kappa shape index (κ3) is 3.41. The van der Waals surface area contributed by atoms with Crippen molar-refractivity contribution in [2.75, 3.05) is 7.11 Å². The molecule has 1 aliphatic heterocycles. The van der Waals surface area contributed by atoms with Crippen LogP contribution in [-0.4, -0.2) is 37.9 Å². The molecule has 116 valence electrons. The van der Waals surface area contributed by atoms with Gasteiger partial charge in [-0.1, -0.05) is 20.8 Å². The Bertz CT molecular complexity index is 333. The standard InChI is InChI=1S/C14H30B2O4/c1-10-14(8)13(6,7)19-16(20-14)15(17-9)18-12(4,5)11(2)3/h11H,10H2,1-9H3. The Morgan fingerprint density at radius 1 is 1.20 bits per heavy atom. The predicted octanol–water partition coefficient (Wildman–Crippen LogP) is 3.13. The lowest BCUT2D eigenvalue weighted by Crippen LogP contribution is -2.49. The third-order valence-electron chi connectivity index (χ3n) is 5.00. The lowest BCUT2D eigenvalue weighted by molar-refractivity contribution is -0.0119. The van der Waals surface area contributed by atoms with Gasteiger partial charge in [0.1, 0.15) is 0 Å². The summed E-state index contributed by atoms with van der Waals surface area (Å²) in [5.74, 6) is 0.368. The zero-order valence-corrected chi connectivity index (χ0v) is 14.6. The second-order valence-corrected chi connectivity index (χ2v) is 7.18. The van der Waals surface area contributed by atoms with E-state index < -0.39 is 14.0 Å². The summed E-state index contributed by atoms with van der Waals surface area (Å²) in [6.07, 6.45) is 0.876. The summed E-state index contributed by atoms with van der Waals surface area (Å²) in [7, 11) is 0.598. The first-order valence-corrected chi connectivity index (χ1v) is 7.55. The highest BCUT2D eigenvalue weighted by Crippen LogP contribution is 2.40. The SMILES string of the molecule is CCC1(C)OB(B(OC)OC(C)(C)C(C)C)OC1(C)C. The molecular formula is C14H30B2O4. The molecule has 1 heterocycles. The monoisotopic (exact) mass is 284 g/mol. The molecule has 1 fully saturated rings. The summed E-state index contributed by atoms with van der Waals surface area (Å²) in [5.41, 5.74) is -1.00. The molecule has 0 N–H and O–H groups in total. The minimum Gasteiger partial charge on any atom is -0.416 e. The van der Waals surface area contributed by atoms with Crippen LogP contribution in [0.5, 0.6) is 0 Å². The molecule has 4 nitrogen and oxygen atoms in total. The molecule has 1 aliphatic rings. The highest BCUT2D eigenvalue weighted by Gasteiger charge is 2.59. The van der Waals surface area contributed by atoms with Gasteiger partial charge < -0.3 is 18.6 Å². The number of rotatable bonds is 6. The second-order valence-electron chi connectivity index (χ2n) is 7.18. The maximum atomic E-state index is 6.12. The molecule has 0 aliphatic carbocycles. The highest BCUT2D eigenvalue weighted by molar-refractivity contribution is 7.11. The summed E-state index contributed by atoms with van der Waals surface area (Å²) in [6, 6.07) is 0. The van der Waals surface area contributed by atoms with Crippen molar-refractivity contribution in [1.82, 2.24) is 0 Å². The minimum atomic E-state index is -0.528. The van der Waals surface area contributed by atoms with Gasteiger partial charge in [0.15, 0.2) is 0 Å². The second kappa shape index (κ2) is 5.99. The fourth-order valence-electron chi connectivity index (χ4n) is 2.11. The van der Waals surface area contributed by atoms with Crippen LogP contribution >= 0.6 is 0 Å². The molecule has 1 saturated heterocycles. The van der Waals surface area contributed by atoms with Crippen molar-refractivity contribution in [2.45, 2.75) is 78.6 Å². The minimum absolute atomic E-state index is 0.303. The van der Waals surface area contributed by atoms with Crippen LogP contribution in [0.1, 0.15) is 61.8 Å². The van der Waals surface area contributed by atoms with Crippen molar-refractivity contribution >= 4 is 14.0 Å². The van der Waals surface area contributed by atoms with Crippen LogP contribution in [-0.2, 0) is 18.6 Å². The summed E-state index contributed by atoms with van der Waals surface area (Å²) in [5, 5.41) is 0. The summed E-state index contributed by atoms with van der Waals surface area (Å²) in [4.78, 5) is 0. The third-order valence-corrected chi connectivity index (χ3v) is 5.00. The first-order valence-electron chi connectivity index (χ1n) is 7.55. The van der Waals surface area contributed by atoms with Gasteiger partial charge in [-0.15, -0.1) is 0 Å². The van der Waals surface area contributed by atoms with E-state index in [1.54, 1.807) is 7.11 Å². The molecule has 0 radical (unpaired) electrons. The Hall–Kier alpha value is -0.0301. The lowest BCUT2D eigenvalue weighted by atomic mass is 9.48. The van der Waals surface area contributed by atoms with Crippen LogP contribution < -0.4 is 0 Å². The summed E-state index contributed by atoms with van der Waals surface area (Å²) >= 11 is 0. The fourth-order valence-corrected chi connectivity index (χ4v) is 2.11. The zero-order chi connectivity index (χ0) is 15.8. The fraction of sp³-hybridized carbons (Fsp3) is 1.00. The molecule has 0 saturated carbocycles. The van der Waals surface area contributed by atoms with Crippen LogP contribution in [0.4, 0.5) is 0 Å². The molecule has 1 rings (SSSR count). The molecule has 0 aromatic carbocycles. The van der Waals surface area contributed by atoms with Crippen molar-refractivity contribution in [3.8, 4) is 0 Å². The Morgan fingerprint density at radius 2 is 1.75 bits per heavy atom. The van der Waals surface area contributed by atoms with Gasteiger partial charge in [-0.05, 0) is 47.0 Å². The molecule has 0 aromatic rings. The zero-order valence-electron chi connectivity index (χ0n) is 14.6. The van der Waals surface area contributed by atoms with E-state index in [2.05, 4.69) is 55.4 Å². The smallest absolute Gasteiger partial charge is 0.416 e. The molecule has 0 amide bonds. The molecule has 6 heteroatoms. The normalized spacial score (nSPS) is 26.4. The average molecular weight is 284 g/mol. The summed E-state index contributed by atoms with van der Waals surface area (Å²) < 4.78 is 23.8. The first kappa shape index (κ1) is 18.0. The maximum Gasteiger partial charge on any atom is 0.488 e. The van der Waals surface area contributed by atoms with Crippen molar-refractivity contribution in [3.63, 3.8) is 0 Å². The van der Waals surface area contributed by atoms with E-state index in [0.29, 0.717) is 5.92 Å². The summed E-state index contributed by atoms with van der Waals surface area (Å²) in [6.45, 7) is 16.7.